The van der Waals surface area contributed by atoms with Crippen molar-refractivity contribution in [3.05, 3.63) is 48.7 Å². The number of aromatic hydroxyl groups is 1. The monoisotopic (exact) mass is 338 g/mol. The molecule has 0 atom stereocenters. The second kappa shape index (κ2) is 7.11. The van der Waals surface area contributed by atoms with Crippen molar-refractivity contribution in [3.8, 4) is 34.0 Å². The molecule has 0 unspecified atom stereocenters. The molecule has 3 aromatic rings. The van der Waals surface area contributed by atoms with Crippen molar-refractivity contribution in [2.75, 3.05) is 12.4 Å². The molecule has 2 N–H and O–H groups in total. The zero-order chi connectivity index (χ0) is 18.7. The van der Waals surface area contributed by atoms with Gasteiger partial charge in [-0.05, 0) is 46.8 Å². The quantitative estimate of drug-likeness (QED) is 0.686. The van der Waals surface area contributed by atoms with Gasteiger partial charge in [-0.25, -0.2) is 4.98 Å². The number of nitrogens with zero attached hydrogens (tertiary/aromatic N) is 3. The summed E-state index contributed by atoms with van der Waals surface area (Å²) in [5, 5.41) is 19.6. The maximum Gasteiger partial charge on any atom is 0.212 e. The summed E-state index contributed by atoms with van der Waals surface area (Å²) in [6.07, 6.45) is 1.53. The molecule has 0 spiro atoms. The van der Waals surface area contributed by atoms with Gasteiger partial charge in [-0.3, -0.25) is 0 Å². The number of hydrogen-bond donors (Lipinski definition) is 2. The van der Waals surface area contributed by atoms with Gasteiger partial charge < -0.3 is 15.2 Å². The summed E-state index contributed by atoms with van der Waals surface area (Å²) in [4.78, 5) is 4.01. The molecule has 0 fully saturated rings. The van der Waals surface area contributed by atoms with Gasteiger partial charge in [0.1, 0.15) is 35.1 Å². The van der Waals surface area contributed by atoms with Crippen LogP contribution >= 0.6 is 0 Å². The summed E-state index contributed by atoms with van der Waals surface area (Å²) < 4.78 is 5.14. The average molecular weight is 338 g/mol. The highest BCUT2D eigenvalue weighted by Crippen LogP contribution is 2.33. The fourth-order valence-electron chi connectivity index (χ4n) is 2.36. The first-order valence-electron chi connectivity index (χ1n) is 7.72. The van der Waals surface area contributed by atoms with E-state index in [0.717, 1.165) is 11.1 Å². The summed E-state index contributed by atoms with van der Waals surface area (Å²) in [5.41, 5.74) is 2.62. The van der Waals surface area contributed by atoms with Gasteiger partial charge in [0.2, 0.25) is 5.88 Å². The molecule has 122 valence electrons. The number of anilines is 1. The molecule has 0 bridgehead atoms. The number of nitrogens with one attached hydrogen (secondary N) is 1. The highest BCUT2D eigenvalue weighted by Gasteiger charge is 2.13. The fourth-order valence-corrected chi connectivity index (χ4v) is 2.36. The third kappa shape index (κ3) is 4.17. The minimum atomic E-state index is -1.82. The van der Waals surface area contributed by atoms with E-state index < -0.39 is 5.30 Å². The Bertz CT molecular complexity index is 915. The number of ether oxygens (including phenoxy) is 1. The molecule has 1 aromatic carbocycles. The molecule has 26 heavy (non-hydrogen) atoms. The Morgan fingerprint density at radius 3 is 2.38 bits per heavy atom. The Kier molecular flexibility index (Phi) is 4.89. The van der Waals surface area contributed by atoms with Crippen LogP contribution in [0.15, 0.2) is 48.7 Å². The number of phenolic OH excluding ortho intramolecular Hbond substituents is 1. The highest BCUT2D eigenvalue weighted by molar-refractivity contribution is 6.58. The lowest BCUT2D eigenvalue weighted by atomic mass is 9.52. The summed E-state index contributed by atoms with van der Waals surface area (Å²) in [6, 6.07) is 12.1. The lowest BCUT2D eigenvalue weighted by Crippen LogP contribution is -2.37. The molecule has 2 heterocycles. The van der Waals surface area contributed by atoms with Gasteiger partial charge in [0.05, 0.1) is 5.69 Å². The normalized spacial score (nSPS) is 11.1. The van der Waals surface area contributed by atoms with E-state index in [0.29, 0.717) is 17.1 Å². The third-order valence-corrected chi connectivity index (χ3v) is 3.54. The standard InChI is InChI=1S/C17H13B3N4O2/c1-21-15-5-4-13(23-24-15)12-3-2-10(8-14(12)25)11-6-7-22-16(9-11)26-17(18,19)20/h2-9,25H,1H3,(H,21,24). The Labute approximate surface area is 155 Å². The first-order valence-corrected chi connectivity index (χ1v) is 7.72. The molecular weight excluding hydrogens is 325 g/mol. The van der Waals surface area contributed by atoms with E-state index in [1.54, 1.807) is 43.4 Å². The smallest absolute Gasteiger partial charge is 0.212 e. The van der Waals surface area contributed by atoms with E-state index in [2.05, 4.69) is 20.5 Å². The van der Waals surface area contributed by atoms with Crippen molar-refractivity contribution in [1.82, 2.24) is 15.2 Å². The van der Waals surface area contributed by atoms with Crippen LogP contribution in [0, 0.1) is 0 Å². The van der Waals surface area contributed by atoms with Crippen LogP contribution in [-0.2, 0) is 0 Å². The zero-order valence-electron chi connectivity index (χ0n) is 14.0. The molecule has 2 aromatic heterocycles. The first kappa shape index (κ1) is 17.9. The van der Waals surface area contributed by atoms with Gasteiger partial charge in [0, 0.05) is 24.9 Å². The van der Waals surface area contributed by atoms with Gasteiger partial charge in [-0.1, -0.05) is 6.07 Å². The van der Waals surface area contributed by atoms with E-state index in [9.17, 15) is 5.11 Å². The highest BCUT2D eigenvalue weighted by atomic mass is 16.5. The summed E-state index contributed by atoms with van der Waals surface area (Å²) >= 11 is 0. The van der Waals surface area contributed by atoms with Crippen molar-refractivity contribution in [3.63, 3.8) is 0 Å². The maximum atomic E-state index is 10.4. The van der Waals surface area contributed by atoms with Gasteiger partial charge in [-0.2, -0.15) is 0 Å². The van der Waals surface area contributed by atoms with Crippen molar-refractivity contribution in [2.24, 2.45) is 0 Å². The van der Waals surface area contributed by atoms with Crippen molar-refractivity contribution < 1.29 is 9.84 Å². The molecule has 3 rings (SSSR count). The van der Waals surface area contributed by atoms with Crippen LogP contribution in [0.5, 0.6) is 11.6 Å². The maximum absolute atomic E-state index is 10.4. The Hall–Kier alpha value is -2.96. The van der Waals surface area contributed by atoms with Gasteiger partial charge >= 0.3 is 0 Å². The second-order valence-electron chi connectivity index (χ2n) is 5.62. The summed E-state index contributed by atoms with van der Waals surface area (Å²) in [6.45, 7) is 0. The van der Waals surface area contributed by atoms with Crippen LogP contribution in [-0.4, -0.2) is 56.2 Å². The minimum absolute atomic E-state index is 0.0686. The Morgan fingerprint density at radius 2 is 1.77 bits per heavy atom. The predicted octanol–water partition coefficient (Wildman–Crippen LogP) is 1.45. The van der Waals surface area contributed by atoms with Gasteiger partial charge in [-0.15, -0.1) is 10.2 Å². The Morgan fingerprint density at radius 1 is 1.00 bits per heavy atom. The molecule has 0 saturated heterocycles. The van der Waals surface area contributed by atoms with Crippen LogP contribution in [0.3, 0.4) is 0 Å². The number of phenols is 1. The number of aromatic nitrogens is 3. The number of hydrogen-bond acceptors (Lipinski definition) is 6. The summed E-state index contributed by atoms with van der Waals surface area (Å²) in [7, 11) is 18.0. The van der Waals surface area contributed by atoms with E-state index in [-0.39, 0.29) is 11.6 Å². The third-order valence-electron chi connectivity index (χ3n) is 3.54. The van der Waals surface area contributed by atoms with Gasteiger partial charge in [0.25, 0.3) is 0 Å². The van der Waals surface area contributed by atoms with Crippen LogP contribution in [0.1, 0.15) is 0 Å². The van der Waals surface area contributed by atoms with Crippen LogP contribution in [0.4, 0.5) is 5.82 Å². The SMILES string of the molecule is [B]C([B])([B])Oc1cc(-c2ccc(-c3ccc(NC)nn3)c(O)c2)ccn1. The lowest BCUT2D eigenvalue weighted by Gasteiger charge is -2.22. The minimum Gasteiger partial charge on any atom is -0.507 e. The van der Waals surface area contributed by atoms with Gasteiger partial charge in [0.15, 0.2) is 0 Å². The molecule has 0 saturated carbocycles. The molecule has 0 aliphatic rings. The Balaban J connectivity index is 1.91. The number of pyridine rings is 1. The average Bonchev–Trinajstić information content (AvgIpc) is 2.60. The van der Waals surface area contributed by atoms with Crippen LogP contribution in [0.2, 0.25) is 0 Å². The first-order chi connectivity index (χ1) is 12.4. The molecule has 0 aliphatic heterocycles. The lowest BCUT2D eigenvalue weighted by molar-refractivity contribution is 0.306. The molecular formula is C17H13B3N4O2. The van der Waals surface area contributed by atoms with E-state index in [4.69, 9.17) is 28.3 Å². The zero-order valence-corrected chi connectivity index (χ0v) is 14.0. The largest absolute Gasteiger partial charge is 0.507 e. The molecule has 6 radical (unpaired) electrons. The van der Waals surface area contributed by atoms with Crippen molar-refractivity contribution >= 4 is 29.4 Å². The van der Waals surface area contributed by atoms with Crippen LogP contribution < -0.4 is 10.1 Å². The number of benzene rings is 1. The predicted molar refractivity (Wildman–Crippen MR) is 103 cm³/mol. The van der Waals surface area contributed by atoms with Crippen LogP contribution in [0.25, 0.3) is 22.4 Å². The van der Waals surface area contributed by atoms with Crippen molar-refractivity contribution in [1.29, 1.82) is 0 Å². The van der Waals surface area contributed by atoms with E-state index >= 15 is 0 Å². The number of rotatable bonds is 5. The molecule has 9 heteroatoms. The molecule has 6 nitrogen and oxygen atoms in total. The van der Waals surface area contributed by atoms with E-state index in [1.807, 2.05) is 6.07 Å². The van der Waals surface area contributed by atoms with Crippen molar-refractivity contribution in [2.45, 2.75) is 5.30 Å². The molecule has 0 amide bonds. The second-order valence-corrected chi connectivity index (χ2v) is 5.62. The fraction of sp³-hybridized carbons (Fsp3) is 0.118. The molecule has 0 aliphatic carbocycles. The topological polar surface area (TPSA) is 80.2 Å². The summed E-state index contributed by atoms with van der Waals surface area (Å²) in [5.74, 6) is 0.885. The van der Waals surface area contributed by atoms with E-state index in [1.165, 1.54) is 6.20 Å².